The van der Waals surface area contributed by atoms with Crippen LogP contribution in [0, 0.1) is 18.8 Å². The summed E-state index contributed by atoms with van der Waals surface area (Å²) in [6.45, 7) is 10.9. The average molecular weight is 451 g/mol. The van der Waals surface area contributed by atoms with E-state index in [0.717, 1.165) is 48.1 Å². The molecule has 0 fully saturated rings. The molecule has 2 unspecified atom stereocenters. The second-order valence-electron chi connectivity index (χ2n) is 9.33. The maximum atomic E-state index is 13.3. The number of anilines is 2. The fourth-order valence-corrected chi connectivity index (χ4v) is 4.87. The summed E-state index contributed by atoms with van der Waals surface area (Å²) in [7, 11) is 1.80. The molecule has 0 bridgehead atoms. The smallest absolute Gasteiger partial charge is 0.323 e. The van der Waals surface area contributed by atoms with Crippen molar-refractivity contribution in [2.75, 3.05) is 5.32 Å². The zero-order valence-electron chi connectivity index (χ0n) is 20.4. The quantitative estimate of drug-likeness (QED) is 0.399. The first-order valence-corrected chi connectivity index (χ1v) is 11.8. The van der Waals surface area contributed by atoms with E-state index in [9.17, 15) is 4.79 Å². The maximum absolute atomic E-state index is 13.3. The minimum atomic E-state index is -0.0339. The molecule has 0 aliphatic rings. The number of imidazole rings is 1. The standard InChI is InChI=1S/C24H34N8O/c1-7-9-17(10-15(3)4)19(8-2)32-22-20(30(6)24(32)33)12-25-23(29-22)28-18-13-31-21(11-16(18)5)26-14-27-31/h11-15,17,19H,7-10H2,1-6H3,(H,25,28,29). The van der Waals surface area contributed by atoms with Crippen molar-refractivity contribution >= 4 is 28.4 Å². The van der Waals surface area contributed by atoms with Crippen LogP contribution >= 0.6 is 0 Å². The first-order valence-electron chi connectivity index (χ1n) is 11.8. The molecule has 4 aromatic heterocycles. The molecule has 0 radical (unpaired) electrons. The van der Waals surface area contributed by atoms with E-state index in [2.05, 4.69) is 48.1 Å². The number of hydrogen-bond donors (Lipinski definition) is 1. The van der Waals surface area contributed by atoms with Gasteiger partial charge in [0, 0.05) is 13.1 Å². The molecule has 4 aromatic rings. The highest BCUT2D eigenvalue weighted by Crippen LogP contribution is 2.33. The molecule has 0 amide bonds. The molecule has 2 atom stereocenters. The topological polar surface area (TPSA) is 94.9 Å². The summed E-state index contributed by atoms with van der Waals surface area (Å²) in [5.41, 5.74) is 4.02. The van der Waals surface area contributed by atoms with Crippen molar-refractivity contribution in [3.8, 4) is 0 Å². The summed E-state index contributed by atoms with van der Waals surface area (Å²) in [4.78, 5) is 26.9. The van der Waals surface area contributed by atoms with Crippen molar-refractivity contribution in [3.05, 3.63) is 40.8 Å². The van der Waals surface area contributed by atoms with Gasteiger partial charge < -0.3 is 5.32 Å². The Kier molecular flexibility index (Phi) is 6.49. The van der Waals surface area contributed by atoms with Gasteiger partial charge in [-0.15, -0.1) is 0 Å². The number of rotatable bonds is 9. The Labute approximate surface area is 193 Å². The van der Waals surface area contributed by atoms with E-state index in [0.29, 0.717) is 23.4 Å². The monoisotopic (exact) mass is 450 g/mol. The molecule has 0 aliphatic carbocycles. The second-order valence-corrected chi connectivity index (χ2v) is 9.33. The molecule has 0 aromatic carbocycles. The van der Waals surface area contributed by atoms with Crippen LogP contribution < -0.4 is 11.0 Å². The summed E-state index contributed by atoms with van der Waals surface area (Å²) in [5, 5.41) is 7.52. The van der Waals surface area contributed by atoms with Crippen LogP contribution in [0.3, 0.4) is 0 Å². The van der Waals surface area contributed by atoms with Crippen LogP contribution in [-0.2, 0) is 7.05 Å². The lowest BCUT2D eigenvalue weighted by Crippen LogP contribution is -2.31. The molecule has 4 rings (SSSR count). The molecule has 0 saturated carbocycles. The summed E-state index contributed by atoms with van der Waals surface area (Å²) >= 11 is 0. The molecule has 9 heteroatoms. The van der Waals surface area contributed by atoms with Crippen LogP contribution in [0.25, 0.3) is 16.8 Å². The number of fused-ring (bicyclic) bond motifs is 2. The Hall–Kier alpha value is -3.23. The second kappa shape index (κ2) is 9.33. The lowest BCUT2D eigenvalue weighted by Gasteiger charge is -2.28. The van der Waals surface area contributed by atoms with E-state index in [-0.39, 0.29) is 11.7 Å². The van der Waals surface area contributed by atoms with Gasteiger partial charge in [-0.05, 0) is 49.7 Å². The Bertz CT molecular complexity index is 1320. The molecular formula is C24H34N8O. The third-order valence-corrected chi connectivity index (χ3v) is 6.43. The average Bonchev–Trinajstić information content (AvgIpc) is 3.32. The Morgan fingerprint density at radius 1 is 1.18 bits per heavy atom. The number of aryl methyl sites for hydroxylation is 2. The van der Waals surface area contributed by atoms with E-state index < -0.39 is 0 Å². The first-order chi connectivity index (χ1) is 15.8. The van der Waals surface area contributed by atoms with E-state index >= 15 is 0 Å². The van der Waals surface area contributed by atoms with Crippen LogP contribution in [0.4, 0.5) is 11.6 Å². The van der Waals surface area contributed by atoms with E-state index in [1.165, 1.54) is 6.33 Å². The van der Waals surface area contributed by atoms with Crippen molar-refractivity contribution in [2.24, 2.45) is 18.9 Å². The van der Waals surface area contributed by atoms with Crippen LogP contribution in [0.15, 0.2) is 29.6 Å². The van der Waals surface area contributed by atoms with Crippen molar-refractivity contribution in [2.45, 2.75) is 66.3 Å². The highest BCUT2D eigenvalue weighted by molar-refractivity contribution is 5.73. The SMILES string of the molecule is CCCC(CC(C)C)C(CC)n1c(=O)n(C)c2cnc(Nc3cn4ncnc4cc3C)nc21. The summed E-state index contributed by atoms with van der Waals surface area (Å²) in [6, 6.07) is 2.06. The molecule has 0 aliphatic heterocycles. The highest BCUT2D eigenvalue weighted by atomic mass is 16.1. The number of aromatic nitrogens is 7. The van der Waals surface area contributed by atoms with Gasteiger partial charge in [0.2, 0.25) is 5.95 Å². The minimum Gasteiger partial charge on any atom is -0.323 e. The number of nitrogens with zero attached hydrogens (tertiary/aromatic N) is 7. The zero-order chi connectivity index (χ0) is 23.7. The lowest BCUT2D eigenvalue weighted by atomic mass is 9.85. The van der Waals surface area contributed by atoms with Gasteiger partial charge in [-0.25, -0.2) is 19.3 Å². The number of pyridine rings is 1. The van der Waals surface area contributed by atoms with Crippen molar-refractivity contribution in [1.82, 2.24) is 33.7 Å². The normalized spacial score (nSPS) is 13.8. The largest absolute Gasteiger partial charge is 0.330 e. The predicted octanol–water partition coefficient (Wildman–Crippen LogP) is 4.64. The maximum Gasteiger partial charge on any atom is 0.330 e. The number of hydrogen-bond acceptors (Lipinski definition) is 6. The zero-order valence-corrected chi connectivity index (χ0v) is 20.4. The molecule has 0 saturated heterocycles. The Morgan fingerprint density at radius 3 is 2.67 bits per heavy atom. The van der Waals surface area contributed by atoms with Gasteiger partial charge in [0.25, 0.3) is 0 Å². The van der Waals surface area contributed by atoms with E-state index in [1.54, 1.807) is 22.3 Å². The lowest BCUT2D eigenvalue weighted by molar-refractivity contribution is 0.254. The van der Waals surface area contributed by atoms with Crippen molar-refractivity contribution in [3.63, 3.8) is 0 Å². The van der Waals surface area contributed by atoms with Crippen molar-refractivity contribution < 1.29 is 0 Å². The van der Waals surface area contributed by atoms with Gasteiger partial charge in [0.15, 0.2) is 11.3 Å². The highest BCUT2D eigenvalue weighted by Gasteiger charge is 2.27. The summed E-state index contributed by atoms with van der Waals surface area (Å²) in [6.07, 6.45) is 9.28. The van der Waals surface area contributed by atoms with Gasteiger partial charge in [0.1, 0.15) is 11.8 Å². The minimum absolute atomic E-state index is 0.0339. The molecule has 4 heterocycles. The van der Waals surface area contributed by atoms with Gasteiger partial charge in [-0.2, -0.15) is 10.1 Å². The fourth-order valence-electron chi connectivity index (χ4n) is 4.87. The first kappa shape index (κ1) is 22.9. The predicted molar refractivity (Wildman–Crippen MR) is 131 cm³/mol. The summed E-state index contributed by atoms with van der Waals surface area (Å²) < 4.78 is 5.27. The molecular weight excluding hydrogens is 416 g/mol. The van der Waals surface area contributed by atoms with E-state index in [1.807, 2.05) is 23.8 Å². The third-order valence-electron chi connectivity index (χ3n) is 6.43. The van der Waals surface area contributed by atoms with Crippen molar-refractivity contribution in [1.29, 1.82) is 0 Å². The Morgan fingerprint density at radius 2 is 1.97 bits per heavy atom. The number of nitrogens with one attached hydrogen (secondary N) is 1. The van der Waals surface area contributed by atoms with E-state index in [4.69, 9.17) is 4.98 Å². The molecule has 1 N–H and O–H groups in total. The molecule has 9 nitrogen and oxygen atoms in total. The van der Waals surface area contributed by atoms with Crippen LogP contribution in [-0.4, -0.2) is 33.7 Å². The van der Waals surface area contributed by atoms with Gasteiger partial charge in [-0.1, -0.05) is 34.1 Å². The van der Waals surface area contributed by atoms with Crippen LogP contribution in [0.1, 0.15) is 65.0 Å². The third kappa shape index (κ3) is 4.36. The Balaban J connectivity index is 1.78. The van der Waals surface area contributed by atoms with Gasteiger partial charge in [0.05, 0.1) is 18.1 Å². The molecule has 0 spiro atoms. The van der Waals surface area contributed by atoms with Crippen LogP contribution in [0.5, 0.6) is 0 Å². The van der Waals surface area contributed by atoms with Gasteiger partial charge in [-0.3, -0.25) is 9.13 Å². The summed E-state index contributed by atoms with van der Waals surface area (Å²) in [5.74, 6) is 1.45. The van der Waals surface area contributed by atoms with Gasteiger partial charge >= 0.3 is 5.69 Å². The molecule has 176 valence electrons. The fraction of sp³-hybridized carbons (Fsp3) is 0.542. The molecule has 33 heavy (non-hydrogen) atoms. The van der Waals surface area contributed by atoms with Crippen LogP contribution in [0.2, 0.25) is 0 Å².